The molecule has 114 valence electrons. The van der Waals surface area contributed by atoms with Gasteiger partial charge in [-0.15, -0.1) is 10.2 Å². The van der Waals surface area contributed by atoms with Crippen molar-refractivity contribution in [3.8, 4) is 0 Å². The summed E-state index contributed by atoms with van der Waals surface area (Å²) in [6.07, 6.45) is 0. The molecule has 0 aliphatic heterocycles. The van der Waals surface area contributed by atoms with Gasteiger partial charge in [-0.3, -0.25) is 0 Å². The minimum Gasteiger partial charge on any atom is -0.207 e. The fourth-order valence-electron chi connectivity index (χ4n) is 1.53. The van der Waals surface area contributed by atoms with Crippen LogP contribution in [-0.2, 0) is 0 Å². The second-order valence-corrected chi connectivity index (χ2v) is 5.70. The van der Waals surface area contributed by atoms with Crippen molar-refractivity contribution in [3.05, 3.63) is 69.4 Å². The number of hydrogen-bond acceptors (Lipinski definition) is 2. The van der Waals surface area contributed by atoms with Crippen molar-refractivity contribution in [1.82, 2.24) is 0 Å². The molecule has 8 heteroatoms. The molecular formula is C14H6BrCl2F3N2. The van der Waals surface area contributed by atoms with Gasteiger partial charge in [-0.2, -0.15) is 0 Å². The molecule has 0 aliphatic rings. The van der Waals surface area contributed by atoms with Crippen LogP contribution < -0.4 is 0 Å². The maximum Gasteiger partial charge on any atom is 0.161 e. The van der Waals surface area contributed by atoms with E-state index >= 15 is 0 Å². The van der Waals surface area contributed by atoms with E-state index in [-0.39, 0.29) is 21.5 Å². The van der Waals surface area contributed by atoms with Crippen LogP contribution in [0.3, 0.4) is 0 Å². The lowest BCUT2D eigenvalue weighted by Gasteiger charge is -2.01. The zero-order valence-corrected chi connectivity index (χ0v) is 13.7. The Hall–Kier alpha value is -1.37. The summed E-state index contributed by atoms with van der Waals surface area (Å²) in [4.78, 5) is 0. The van der Waals surface area contributed by atoms with Gasteiger partial charge in [0, 0.05) is 21.7 Å². The van der Waals surface area contributed by atoms with Gasteiger partial charge in [-0.25, -0.2) is 13.2 Å². The van der Waals surface area contributed by atoms with Crippen LogP contribution in [0.5, 0.6) is 0 Å². The molecule has 0 fully saturated rings. The molecule has 22 heavy (non-hydrogen) atoms. The second-order valence-electron chi connectivity index (χ2n) is 4.06. The van der Waals surface area contributed by atoms with Crippen LogP contribution in [0.2, 0.25) is 0 Å². The Balaban J connectivity index is 2.31. The number of rotatable bonds is 3. The van der Waals surface area contributed by atoms with Crippen molar-refractivity contribution < 1.29 is 13.2 Å². The molecule has 0 atom stereocenters. The van der Waals surface area contributed by atoms with Gasteiger partial charge in [0.15, 0.2) is 10.3 Å². The average Bonchev–Trinajstić information content (AvgIpc) is 2.43. The van der Waals surface area contributed by atoms with Gasteiger partial charge < -0.3 is 0 Å². The third-order valence-electron chi connectivity index (χ3n) is 2.48. The van der Waals surface area contributed by atoms with E-state index in [4.69, 9.17) is 23.2 Å². The smallest absolute Gasteiger partial charge is 0.161 e. The largest absolute Gasteiger partial charge is 0.207 e. The predicted molar refractivity (Wildman–Crippen MR) is 85.2 cm³/mol. The zero-order valence-electron chi connectivity index (χ0n) is 10.6. The third kappa shape index (κ3) is 4.32. The second kappa shape index (κ2) is 7.26. The van der Waals surface area contributed by atoms with Gasteiger partial charge in [-0.05, 0) is 30.3 Å². The molecule has 0 spiro atoms. The maximum absolute atomic E-state index is 13.7. The van der Waals surface area contributed by atoms with Gasteiger partial charge in [0.1, 0.15) is 17.5 Å². The topological polar surface area (TPSA) is 24.7 Å². The SMILES string of the molecule is Fc1cc(F)cc(/C(Cl)=N/N=C(\Cl)c2ccc(Br)cc2F)c1. The molecule has 0 bridgehead atoms. The first-order chi connectivity index (χ1) is 10.4. The normalized spacial score (nSPS) is 12.6. The Morgan fingerprint density at radius 2 is 1.45 bits per heavy atom. The van der Waals surface area contributed by atoms with Crippen molar-refractivity contribution in [2.24, 2.45) is 10.2 Å². The van der Waals surface area contributed by atoms with Gasteiger partial charge >= 0.3 is 0 Å². The highest BCUT2D eigenvalue weighted by molar-refractivity contribution is 9.10. The summed E-state index contributed by atoms with van der Waals surface area (Å²) in [5.74, 6) is -2.22. The highest BCUT2D eigenvalue weighted by atomic mass is 79.9. The fraction of sp³-hybridized carbons (Fsp3) is 0. The van der Waals surface area contributed by atoms with Crippen molar-refractivity contribution in [2.75, 3.05) is 0 Å². The van der Waals surface area contributed by atoms with Crippen molar-refractivity contribution >= 4 is 49.5 Å². The summed E-state index contributed by atoms with van der Waals surface area (Å²) >= 11 is 14.7. The van der Waals surface area contributed by atoms with Crippen LogP contribution in [0.1, 0.15) is 11.1 Å². The first-order valence-electron chi connectivity index (χ1n) is 5.75. The Kier molecular flexibility index (Phi) is 5.61. The highest BCUT2D eigenvalue weighted by Crippen LogP contribution is 2.18. The average molecular weight is 410 g/mol. The lowest BCUT2D eigenvalue weighted by Crippen LogP contribution is -1.97. The maximum atomic E-state index is 13.7. The van der Waals surface area contributed by atoms with Gasteiger partial charge in [0.2, 0.25) is 0 Å². The van der Waals surface area contributed by atoms with E-state index in [0.29, 0.717) is 10.5 Å². The molecule has 0 radical (unpaired) electrons. The van der Waals surface area contributed by atoms with Crippen molar-refractivity contribution in [3.63, 3.8) is 0 Å². The summed E-state index contributed by atoms with van der Waals surface area (Å²) < 4.78 is 40.4. The Labute approximate surface area is 142 Å². The van der Waals surface area contributed by atoms with Crippen LogP contribution >= 0.6 is 39.1 Å². The standard InChI is InChI=1S/C14H6BrCl2F3N2/c15-8-1-2-11(12(20)5-8)14(17)22-21-13(16)7-3-9(18)6-10(19)4-7/h1-6H/b21-13-,22-14-. The van der Waals surface area contributed by atoms with Crippen molar-refractivity contribution in [1.29, 1.82) is 0 Å². The van der Waals surface area contributed by atoms with Crippen LogP contribution in [0.15, 0.2) is 51.1 Å². The number of hydrogen-bond donors (Lipinski definition) is 0. The molecule has 2 nitrogen and oxygen atoms in total. The minimum atomic E-state index is -0.808. The lowest BCUT2D eigenvalue weighted by atomic mass is 10.2. The molecule has 0 aliphatic carbocycles. The molecule has 2 rings (SSSR count). The summed E-state index contributed by atoms with van der Waals surface area (Å²) in [6.45, 7) is 0. The number of nitrogens with zero attached hydrogens (tertiary/aromatic N) is 2. The van der Waals surface area contributed by atoms with Crippen LogP contribution in [0.25, 0.3) is 0 Å². The molecule has 0 saturated heterocycles. The highest BCUT2D eigenvalue weighted by Gasteiger charge is 2.09. The van der Waals surface area contributed by atoms with E-state index in [1.54, 1.807) is 6.07 Å². The molecule has 0 amide bonds. The first kappa shape index (κ1) is 17.0. The van der Waals surface area contributed by atoms with E-state index in [1.807, 2.05) is 0 Å². The van der Waals surface area contributed by atoms with E-state index < -0.39 is 17.5 Å². The summed E-state index contributed by atoms with van der Waals surface area (Å²) in [5, 5.41) is 6.57. The molecule has 0 unspecified atom stereocenters. The van der Waals surface area contributed by atoms with Crippen molar-refractivity contribution in [2.45, 2.75) is 0 Å². The first-order valence-corrected chi connectivity index (χ1v) is 7.30. The van der Waals surface area contributed by atoms with Crippen LogP contribution in [-0.4, -0.2) is 10.3 Å². The molecule has 0 aromatic heterocycles. The molecular weight excluding hydrogens is 404 g/mol. The van der Waals surface area contributed by atoms with Crippen LogP contribution in [0.4, 0.5) is 13.2 Å². The number of halogens is 6. The van der Waals surface area contributed by atoms with Gasteiger partial charge in [0.05, 0.1) is 0 Å². The Morgan fingerprint density at radius 3 is 2.05 bits per heavy atom. The number of benzene rings is 2. The monoisotopic (exact) mass is 408 g/mol. The molecule has 0 N–H and O–H groups in total. The predicted octanol–water partition coefficient (Wildman–Crippen LogP) is 5.45. The Bertz CT molecular complexity index is 758. The van der Waals surface area contributed by atoms with E-state index in [2.05, 4.69) is 26.1 Å². The molecule has 2 aromatic carbocycles. The zero-order chi connectivity index (χ0) is 16.3. The Morgan fingerprint density at radius 1 is 0.864 bits per heavy atom. The molecule has 0 saturated carbocycles. The summed E-state index contributed by atoms with van der Waals surface area (Å²) in [7, 11) is 0. The van der Waals surface area contributed by atoms with Gasteiger partial charge in [-0.1, -0.05) is 39.1 Å². The molecule has 2 aromatic rings. The van der Waals surface area contributed by atoms with Gasteiger partial charge in [0.25, 0.3) is 0 Å². The van der Waals surface area contributed by atoms with E-state index in [9.17, 15) is 13.2 Å². The van der Waals surface area contributed by atoms with E-state index in [0.717, 1.165) is 12.1 Å². The lowest BCUT2D eigenvalue weighted by molar-refractivity contribution is 0.583. The third-order valence-corrected chi connectivity index (χ3v) is 3.55. The summed E-state index contributed by atoms with van der Waals surface area (Å²) in [5.41, 5.74) is 0.00664. The summed E-state index contributed by atoms with van der Waals surface area (Å²) in [6, 6.07) is 6.85. The molecule has 0 heterocycles. The fourth-order valence-corrected chi connectivity index (χ4v) is 2.20. The van der Waals surface area contributed by atoms with E-state index in [1.165, 1.54) is 12.1 Å². The quantitative estimate of drug-likeness (QED) is 0.475. The van der Waals surface area contributed by atoms with Crippen LogP contribution in [0, 0.1) is 17.5 Å². The minimum absolute atomic E-state index is 0.0105.